The molecule has 0 unspecified atom stereocenters. The highest BCUT2D eigenvalue weighted by atomic mass is 16.5. The molecule has 4 nitrogen and oxygen atoms in total. The number of esters is 1. The predicted octanol–water partition coefficient (Wildman–Crippen LogP) is 3.19. The van der Waals surface area contributed by atoms with E-state index in [4.69, 9.17) is 9.47 Å². The topological polar surface area (TPSA) is 55.8 Å². The number of rotatable bonds is 7. The molecular formula is C19H22O4. The van der Waals surface area contributed by atoms with E-state index in [0.717, 1.165) is 5.56 Å². The molecule has 0 saturated carbocycles. The molecule has 0 heterocycles. The first-order valence-corrected chi connectivity index (χ1v) is 7.63. The van der Waals surface area contributed by atoms with Gasteiger partial charge in [-0.05, 0) is 36.2 Å². The predicted molar refractivity (Wildman–Crippen MR) is 88.8 cm³/mol. The molecule has 4 heteroatoms. The number of benzene rings is 2. The van der Waals surface area contributed by atoms with E-state index in [0.29, 0.717) is 17.7 Å². The molecule has 2 aromatic carbocycles. The highest BCUT2D eigenvalue weighted by molar-refractivity contribution is 5.89. The third-order valence-corrected chi connectivity index (χ3v) is 4.17. The number of hydrogen-bond acceptors (Lipinski definition) is 4. The molecule has 1 atom stereocenters. The summed E-state index contributed by atoms with van der Waals surface area (Å²) in [5.41, 5.74) is 0.845. The van der Waals surface area contributed by atoms with E-state index in [1.165, 1.54) is 0 Å². The maximum absolute atomic E-state index is 12.2. The Morgan fingerprint density at radius 3 is 2.26 bits per heavy atom. The molecule has 0 fully saturated rings. The average Bonchev–Trinajstić information content (AvgIpc) is 2.63. The average molecular weight is 314 g/mol. The maximum atomic E-state index is 12.2. The van der Waals surface area contributed by atoms with E-state index in [1.807, 2.05) is 37.3 Å². The third-order valence-electron chi connectivity index (χ3n) is 4.17. The second-order valence-electron chi connectivity index (χ2n) is 5.46. The van der Waals surface area contributed by atoms with Gasteiger partial charge in [0.15, 0.2) is 0 Å². The van der Waals surface area contributed by atoms with Crippen LogP contribution in [-0.2, 0) is 10.2 Å². The van der Waals surface area contributed by atoms with E-state index in [-0.39, 0.29) is 13.2 Å². The zero-order chi connectivity index (χ0) is 16.7. The van der Waals surface area contributed by atoms with Gasteiger partial charge in [0.25, 0.3) is 0 Å². The number of ether oxygens (including phenoxy) is 2. The first kappa shape index (κ1) is 17.0. The highest BCUT2D eigenvalue weighted by Gasteiger charge is 2.31. The lowest BCUT2D eigenvalue weighted by molar-refractivity contribution is 0.0309. The van der Waals surface area contributed by atoms with Crippen molar-refractivity contribution in [2.45, 2.75) is 18.8 Å². The van der Waals surface area contributed by atoms with E-state index in [9.17, 15) is 9.90 Å². The van der Waals surface area contributed by atoms with E-state index >= 15 is 0 Å². The Balaban J connectivity index is 2.10. The van der Waals surface area contributed by atoms with Crippen molar-refractivity contribution in [3.8, 4) is 5.75 Å². The summed E-state index contributed by atoms with van der Waals surface area (Å²) < 4.78 is 10.5. The van der Waals surface area contributed by atoms with E-state index < -0.39 is 11.4 Å². The zero-order valence-electron chi connectivity index (χ0n) is 13.5. The second kappa shape index (κ2) is 7.79. The van der Waals surface area contributed by atoms with Gasteiger partial charge >= 0.3 is 5.97 Å². The molecule has 0 radical (unpaired) electrons. The van der Waals surface area contributed by atoms with Crippen LogP contribution in [0.2, 0.25) is 0 Å². The van der Waals surface area contributed by atoms with Gasteiger partial charge < -0.3 is 14.6 Å². The van der Waals surface area contributed by atoms with Gasteiger partial charge in [-0.1, -0.05) is 37.3 Å². The van der Waals surface area contributed by atoms with Crippen molar-refractivity contribution in [3.63, 3.8) is 0 Å². The minimum absolute atomic E-state index is 0.0800. The number of hydrogen-bond donors (Lipinski definition) is 1. The summed E-state index contributed by atoms with van der Waals surface area (Å²) in [4.78, 5) is 12.2. The van der Waals surface area contributed by atoms with Gasteiger partial charge in [0, 0.05) is 0 Å². The van der Waals surface area contributed by atoms with Crippen LogP contribution in [0.4, 0.5) is 0 Å². The number of carbonyl (C=O) groups is 1. The summed E-state index contributed by atoms with van der Waals surface area (Å²) in [6.07, 6.45) is 0.670. The quantitative estimate of drug-likeness (QED) is 0.797. The van der Waals surface area contributed by atoms with Crippen LogP contribution in [0.3, 0.4) is 0 Å². The van der Waals surface area contributed by atoms with Gasteiger partial charge in [0.2, 0.25) is 0 Å². The summed E-state index contributed by atoms with van der Waals surface area (Å²) in [5.74, 6) is 0.277. The maximum Gasteiger partial charge on any atom is 0.338 e. The van der Waals surface area contributed by atoms with Crippen molar-refractivity contribution < 1.29 is 19.4 Å². The third kappa shape index (κ3) is 3.90. The van der Waals surface area contributed by atoms with Crippen LogP contribution < -0.4 is 4.74 Å². The van der Waals surface area contributed by atoms with Gasteiger partial charge in [-0.3, -0.25) is 0 Å². The summed E-state index contributed by atoms with van der Waals surface area (Å²) in [6.45, 7) is 2.03. The lowest BCUT2D eigenvalue weighted by Crippen LogP contribution is -2.36. The number of aliphatic hydroxyl groups excluding tert-OH is 1. The molecule has 0 aliphatic heterocycles. The molecule has 1 N–H and O–H groups in total. The van der Waals surface area contributed by atoms with Crippen LogP contribution in [0.15, 0.2) is 54.6 Å². The van der Waals surface area contributed by atoms with Crippen molar-refractivity contribution in [1.29, 1.82) is 0 Å². The van der Waals surface area contributed by atoms with Crippen molar-refractivity contribution in [1.82, 2.24) is 0 Å². The molecule has 0 amide bonds. The van der Waals surface area contributed by atoms with Crippen LogP contribution >= 0.6 is 0 Å². The zero-order valence-corrected chi connectivity index (χ0v) is 13.5. The second-order valence-corrected chi connectivity index (χ2v) is 5.46. The number of carbonyl (C=O) groups excluding carboxylic acids is 1. The molecule has 0 saturated heterocycles. The molecule has 0 spiro atoms. The van der Waals surface area contributed by atoms with Gasteiger partial charge in [0.05, 0.1) is 24.7 Å². The SMILES string of the molecule is CC[C@](CO)(COC(=O)c1ccc(OC)cc1)c1ccccc1. The summed E-state index contributed by atoms with van der Waals surface area (Å²) in [6, 6.07) is 16.4. The fraction of sp³-hybridized carbons (Fsp3) is 0.316. The van der Waals surface area contributed by atoms with E-state index in [1.54, 1.807) is 31.4 Å². The number of methoxy groups -OCH3 is 1. The lowest BCUT2D eigenvalue weighted by atomic mass is 9.79. The molecule has 0 bridgehead atoms. The van der Waals surface area contributed by atoms with Crippen LogP contribution in [0.5, 0.6) is 5.75 Å². The molecule has 23 heavy (non-hydrogen) atoms. The smallest absolute Gasteiger partial charge is 0.338 e. The molecule has 0 aliphatic rings. The first-order valence-electron chi connectivity index (χ1n) is 7.63. The molecule has 2 rings (SSSR count). The van der Waals surface area contributed by atoms with Crippen LogP contribution in [0, 0.1) is 0 Å². The van der Waals surface area contributed by atoms with E-state index in [2.05, 4.69) is 0 Å². The van der Waals surface area contributed by atoms with Gasteiger partial charge in [-0.25, -0.2) is 4.79 Å². The molecule has 2 aromatic rings. The molecule has 122 valence electrons. The molecule has 0 aliphatic carbocycles. The number of aliphatic hydroxyl groups is 1. The Labute approximate surface area is 136 Å². The minimum Gasteiger partial charge on any atom is -0.497 e. The normalized spacial score (nSPS) is 13.2. The van der Waals surface area contributed by atoms with Crippen molar-refractivity contribution in [3.05, 3.63) is 65.7 Å². The van der Waals surface area contributed by atoms with Crippen LogP contribution in [-0.4, -0.2) is 31.4 Å². The molecule has 0 aromatic heterocycles. The Bertz CT molecular complexity index is 616. The van der Waals surface area contributed by atoms with Crippen molar-refractivity contribution in [2.75, 3.05) is 20.3 Å². The summed E-state index contributed by atoms with van der Waals surface area (Å²) in [7, 11) is 1.57. The lowest BCUT2D eigenvalue weighted by Gasteiger charge is -2.30. The van der Waals surface area contributed by atoms with Gasteiger partial charge in [0.1, 0.15) is 12.4 Å². The fourth-order valence-electron chi connectivity index (χ4n) is 2.44. The first-order chi connectivity index (χ1) is 11.1. The standard InChI is InChI=1S/C19H22O4/c1-3-19(13-20,16-7-5-4-6-8-16)14-23-18(21)15-9-11-17(22-2)12-10-15/h4-12,20H,3,13-14H2,1-2H3/t19-/m0/s1. The Morgan fingerprint density at radius 2 is 1.74 bits per heavy atom. The molecular weight excluding hydrogens is 292 g/mol. The highest BCUT2D eigenvalue weighted by Crippen LogP contribution is 2.28. The summed E-state index contributed by atoms with van der Waals surface area (Å²) >= 11 is 0. The Morgan fingerprint density at radius 1 is 1.09 bits per heavy atom. The fourth-order valence-corrected chi connectivity index (χ4v) is 2.44. The van der Waals surface area contributed by atoms with Gasteiger partial charge in [-0.15, -0.1) is 0 Å². The Kier molecular flexibility index (Phi) is 5.77. The van der Waals surface area contributed by atoms with Crippen molar-refractivity contribution >= 4 is 5.97 Å². The largest absolute Gasteiger partial charge is 0.497 e. The van der Waals surface area contributed by atoms with Crippen LogP contribution in [0.25, 0.3) is 0 Å². The summed E-state index contributed by atoms with van der Waals surface area (Å²) in [5, 5.41) is 9.87. The van der Waals surface area contributed by atoms with Crippen LogP contribution in [0.1, 0.15) is 29.3 Å². The minimum atomic E-state index is -0.580. The monoisotopic (exact) mass is 314 g/mol. The van der Waals surface area contributed by atoms with Gasteiger partial charge in [-0.2, -0.15) is 0 Å². The van der Waals surface area contributed by atoms with Crippen molar-refractivity contribution in [2.24, 2.45) is 0 Å². The Hall–Kier alpha value is -2.33.